The summed E-state index contributed by atoms with van der Waals surface area (Å²) in [6.07, 6.45) is 1.19. The van der Waals surface area contributed by atoms with Gasteiger partial charge in [-0.1, -0.05) is 23.7 Å². The van der Waals surface area contributed by atoms with Gasteiger partial charge in [0.1, 0.15) is 11.6 Å². The monoisotopic (exact) mass is 289 g/mol. The molecule has 0 unspecified atom stereocenters. The second-order valence-electron chi connectivity index (χ2n) is 4.75. The number of hydrogen-bond acceptors (Lipinski definition) is 4. The number of nitrogens with zero attached hydrogens (tertiary/aromatic N) is 1. The summed E-state index contributed by atoms with van der Waals surface area (Å²) in [4.78, 5) is 4.50. The van der Waals surface area contributed by atoms with Gasteiger partial charge in [-0.15, -0.1) is 0 Å². The van der Waals surface area contributed by atoms with Gasteiger partial charge in [-0.05, 0) is 32.0 Å². The molecule has 0 bridgehead atoms. The average molecular weight is 290 g/mol. The molecule has 20 heavy (non-hydrogen) atoms. The summed E-state index contributed by atoms with van der Waals surface area (Å²) in [6.45, 7) is 3.98. The van der Waals surface area contributed by atoms with Gasteiger partial charge in [0.25, 0.3) is 0 Å². The number of nitrogens with one attached hydrogen (secondary N) is 2. The molecule has 0 amide bonds. The number of benzene rings is 1. The molecular weight excluding hydrogens is 274 g/mol. The van der Waals surface area contributed by atoms with Gasteiger partial charge in [-0.3, -0.25) is 0 Å². The van der Waals surface area contributed by atoms with E-state index < -0.39 is 0 Å². The van der Waals surface area contributed by atoms with Gasteiger partial charge in [0.15, 0.2) is 0 Å². The van der Waals surface area contributed by atoms with E-state index in [1.807, 2.05) is 19.9 Å². The highest BCUT2D eigenvalue weighted by Crippen LogP contribution is 2.29. The second-order valence-corrected chi connectivity index (χ2v) is 5.15. The van der Waals surface area contributed by atoms with Gasteiger partial charge in [0.05, 0.1) is 16.3 Å². The van der Waals surface area contributed by atoms with Gasteiger partial charge in [-0.2, -0.15) is 0 Å². The maximum atomic E-state index is 9.55. The Balaban J connectivity index is 2.55. The lowest BCUT2D eigenvalue weighted by atomic mass is 10.1. The number of halogens is 1. The number of pyridine rings is 1. The van der Waals surface area contributed by atoms with E-state index >= 15 is 0 Å². The Labute approximate surface area is 123 Å². The molecule has 2 aromatic rings. The summed E-state index contributed by atoms with van der Waals surface area (Å²) in [6, 6.07) is 8.70. The van der Waals surface area contributed by atoms with Crippen LogP contribution in [-0.2, 0) is 0 Å². The van der Waals surface area contributed by atoms with Crippen LogP contribution in [0.4, 0.5) is 5.82 Å². The highest BCUT2D eigenvalue weighted by Gasteiger charge is 2.12. The summed E-state index contributed by atoms with van der Waals surface area (Å²) >= 11 is 6.21. The quantitative estimate of drug-likeness (QED) is 0.747. The Kier molecular flexibility index (Phi) is 4.25. The molecule has 4 nitrogen and oxygen atoms in total. The van der Waals surface area contributed by atoms with Crippen LogP contribution in [0.2, 0.25) is 5.02 Å². The van der Waals surface area contributed by atoms with Crippen molar-refractivity contribution >= 4 is 23.6 Å². The van der Waals surface area contributed by atoms with Crippen molar-refractivity contribution in [2.75, 3.05) is 5.32 Å². The van der Waals surface area contributed by atoms with E-state index in [9.17, 15) is 5.11 Å². The molecule has 0 aliphatic carbocycles. The van der Waals surface area contributed by atoms with Crippen molar-refractivity contribution in [3.63, 3.8) is 0 Å². The second kappa shape index (κ2) is 5.92. The van der Waals surface area contributed by atoms with Crippen LogP contribution < -0.4 is 5.32 Å². The Morgan fingerprint density at radius 2 is 2.10 bits per heavy atom. The van der Waals surface area contributed by atoms with Crippen molar-refractivity contribution in [1.82, 2.24) is 4.98 Å². The molecule has 2 rings (SSSR count). The first-order valence-corrected chi connectivity index (χ1v) is 6.66. The third kappa shape index (κ3) is 3.08. The average Bonchev–Trinajstić information content (AvgIpc) is 2.37. The molecule has 1 heterocycles. The van der Waals surface area contributed by atoms with E-state index in [0.717, 1.165) is 5.56 Å². The van der Waals surface area contributed by atoms with Crippen molar-refractivity contribution in [3.05, 3.63) is 40.9 Å². The summed E-state index contributed by atoms with van der Waals surface area (Å²) in [5.41, 5.74) is 1.99. The van der Waals surface area contributed by atoms with Crippen LogP contribution in [0.1, 0.15) is 19.4 Å². The van der Waals surface area contributed by atoms with Crippen LogP contribution in [0.5, 0.6) is 5.75 Å². The van der Waals surface area contributed by atoms with Crippen LogP contribution in [0.25, 0.3) is 11.3 Å². The lowest BCUT2D eigenvalue weighted by molar-refractivity contribution is 0.475. The molecule has 104 valence electrons. The fourth-order valence-electron chi connectivity index (χ4n) is 1.86. The number of hydrogen-bond donors (Lipinski definition) is 3. The van der Waals surface area contributed by atoms with Crippen LogP contribution >= 0.6 is 11.6 Å². The zero-order valence-corrected chi connectivity index (χ0v) is 12.1. The fourth-order valence-corrected chi connectivity index (χ4v) is 2.11. The number of phenolic OH excluding ortho intramolecular Hbond substituents is 1. The van der Waals surface area contributed by atoms with Gasteiger partial charge < -0.3 is 15.8 Å². The predicted octanol–water partition coefficient (Wildman–Crippen LogP) is 3.93. The number of aromatic hydroxyl groups is 1. The van der Waals surface area contributed by atoms with E-state index in [-0.39, 0.29) is 11.8 Å². The molecule has 1 aromatic heterocycles. The van der Waals surface area contributed by atoms with Crippen LogP contribution in [0, 0.1) is 5.41 Å². The van der Waals surface area contributed by atoms with Gasteiger partial charge >= 0.3 is 0 Å². The smallest absolute Gasteiger partial charge is 0.137 e. The molecule has 0 aliphatic heterocycles. The van der Waals surface area contributed by atoms with Crippen molar-refractivity contribution < 1.29 is 5.11 Å². The van der Waals surface area contributed by atoms with E-state index in [0.29, 0.717) is 22.1 Å². The van der Waals surface area contributed by atoms with Crippen LogP contribution in [-0.4, -0.2) is 22.3 Å². The number of aromatic nitrogens is 1. The SMILES string of the molecule is CC(C)Nc1nc(-c2cccc(O)c2)cc(Cl)c1C=N. The molecule has 0 aliphatic rings. The number of phenols is 1. The molecule has 5 heteroatoms. The van der Waals surface area contributed by atoms with Gasteiger partial charge in [0, 0.05) is 17.8 Å². The maximum Gasteiger partial charge on any atom is 0.137 e. The zero-order valence-electron chi connectivity index (χ0n) is 11.3. The van der Waals surface area contributed by atoms with E-state index in [1.54, 1.807) is 24.3 Å². The van der Waals surface area contributed by atoms with E-state index in [1.165, 1.54) is 6.21 Å². The minimum Gasteiger partial charge on any atom is -0.508 e. The first-order chi connectivity index (χ1) is 9.51. The summed E-state index contributed by atoms with van der Waals surface area (Å²) in [7, 11) is 0. The highest BCUT2D eigenvalue weighted by molar-refractivity contribution is 6.33. The maximum absolute atomic E-state index is 9.55. The Hall–Kier alpha value is -2.07. The van der Waals surface area contributed by atoms with E-state index in [2.05, 4.69) is 10.3 Å². The Morgan fingerprint density at radius 1 is 1.35 bits per heavy atom. The van der Waals surface area contributed by atoms with Crippen molar-refractivity contribution in [3.8, 4) is 17.0 Å². The summed E-state index contributed by atoms with van der Waals surface area (Å²) < 4.78 is 0. The first kappa shape index (κ1) is 14.3. The standard InChI is InChI=1S/C15H16ClN3O/c1-9(2)18-15-12(8-17)13(16)7-14(19-15)10-4-3-5-11(20)6-10/h3-9,17,20H,1-2H3,(H,18,19). The highest BCUT2D eigenvalue weighted by atomic mass is 35.5. The molecule has 3 N–H and O–H groups in total. The zero-order chi connectivity index (χ0) is 14.7. The van der Waals surface area contributed by atoms with Gasteiger partial charge in [0.2, 0.25) is 0 Å². The summed E-state index contributed by atoms with van der Waals surface area (Å²) in [5, 5.41) is 20.6. The van der Waals surface area contributed by atoms with Crippen molar-refractivity contribution in [1.29, 1.82) is 5.41 Å². The van der Waals surface area contributed by atoms with Crippen molar-refractivity contribution in [2.24, 2.45) is 0 Å². The first-order valence-electron chi connectivity index (χ1n) is 6.28. The normalized spacial score (nSPS) is 10.6. The van der Waals surface area contributed by atoms with Crippen molar-refractivity contribution in [2.45, 2.75) is 19.9 Å². The minimum atomic E-state index is 0.176. The lowest BCUT2D eigenvalue weighted by Gasteiger charge is -2.14. The van der Waals surface area contributed by atoms with Gasteiger partial charge in [-0.25, -0.2) is 4.98 Å². The molecule has 0 atom stereocenters. The minimum absolute atomic E-state index is 0.176. The molecule has 0 spiro atoms. The predicted molar refractivity (Wildman–Crippen MR) is 83.0 cm³/mol. The largest absolute Gasteiger partial charge is 0.508 e. The van der Waals surface area contributed by atoms with Crippen LogP contribution in [0.15, 0.2) is 30.3 Å². The van der Waals surface area contributed by atoms with E-state index in [4.69, 9.17) is 17.0 Å². The third-order valence-electron chi connectivity index (χ3n) is 2.72. The topological polar surface area (TPSA) is 69.0 Å². The Morgan fingerprint density at radius 3 is 2.70 bits per heavy atom. The molecule has 1 aromatic carbocycles. The lowest BCUT2D eigenvalue weighted by Crippen LogP contribution is -2.13. The van der Waals surface area contributed by atoms with Crippen LogP contribution in [0.3, 0.4) is 0 Å². The molecule has 0 saturated heterocycles. The molecule has 0 saturated carbocycles. The molecular formula is C15H16ClN3O. The fraction of sp³-hybridized carbons (Fsp3) is 0.200. The molecule has 0 fully saturated rings. The number of anilines is 1. The number of rotatable bonds is 4. The third-order valence-corrected chi connectivity index (χ3v) is 3.03. The Bertz CT molecular complexity index is 641. The molecule has 0 radical (unpaired) electrons. The summed E-state index contributed by atoms with van der Waals surface area (Å²) in [5.74, 6) is 0.746.